The van der Waals surface area contributed by atoms with Gasteiger partial charge in [-0.05, 0) is 49.7 Å². The summed E-state index contributed by atoms with van der Waals surface area (Å²) in [4.78, 5) is 13.0. The highest BCUT2D eigenvalue weighted by Gasteiger charge is 2.09. The number of benzene rings is 1. The van der Waals surface area contributed by atoms with Gasteiger partial charge in [-0.2, -0.15) is 20.2 Å². The molecule has 0 fully saturated rings. The van der Waals surface area contributed by atoms with Crippen molar-refractivity contribution in [2.24, 2.45) is 5.10 Å². The Morgan fingerprint density at radius 2 is 1.90 bits per heavy atom. The minimum Gasteiger partial charge on any atom is -0.324 e. The molecule has 0 aliphatic heterocycles. The molecule has 8 nitrogen and oxygen atoms in total. The van der Waals surface area contributed by atoms with Gasteiger partial charge >= 0.3 is 0 Å². The van der Waals surface area contributed by atoms with E-state index in [1.165, 1.54) is 12.1 Å². The maximum Gasteiger partial charge on any atom is 0.231 e. The summed E-state index contributed by atoms with van der Waals surface area (Å²) in [5.74, 6) is 0.935. The Morgan fingerprint density at radius 3 is 2.67 bits per heavy atom. The lowest BCUT2D eigenvalue weighted by Gasteiger charge is -2.11. The number of hydrazone groups is 1. The molecular weight excluding hydrogens is 383 g/mol. The third kappa shape index (κ3) is 4.46. The van der Waals surface area contributed by atoms with Crippen LogP contribution in [0.1, 0.15) is 18.1 Å². The van der Waals surface area contributed by atoms with E-state index in [0.29, 0.717) is 17.3 Å². The molecule has 0 amide bonds. The summed E-state index contributed by atoms with van der Waals surface area (Å²) in [6.45, 7) is 3.76. The Labute approximate surface area is 172 Å². The summed E-state index contributed by atoms with van der Waals surface area (Å²) in [6.07, 6.45) is 6.84. The molecule has 2 N–H and O–H groups in total. The molecule has 3 aromatic heterocycles. The van der Waals surface area contributed by atoms with Crippen LogP contribution < -0.4 is 10.7 Å². The van der Waals surface area contributed by atoms with Crippen LogP contribution in [0.15, 0.2) is 72.4 Å². The molecule has 30 heavy (non-hydrogen) atoms. The molecule has 4 rings (SSSR count). The van der Waals surface area contributed by atoms with Gasteiger partial charge in [-0.1, -0.05) is 6.07 Å². The molecule has 0 aliphatic rings. The zero-order valence-electron chi connectivity index (χ0n) is 16.4. The molecule has 9 heteroatoms. The van der Waals surface area contributed by atoms with Crippen molar-refractivity contribution >= 4 is 23.2 Å². The van der Waals surface area contributed by atoms with Crippen molar-refractivity contribution in [2.75, 3.05) is 10.7 Å². The number of halogens is 1. The number of hydrogen-bond donors (Lipinski definition) is 2. The fraction of sp³-hybridized carbons (Fsp3) is 0.0952. The lowest BCUT2D eigenvalue weighted by atomic mass is 10.2. The molecule has 0 spiro atoms. The fourth-order valence-electron chi connectivity index (χ4n) is 2.72. The van der Waals surface area contributed by atoms with Crippen LogP contribution in [-0.4, -0.2) is 30.4 Å². The number of aryl methyl sites for hydroxylation is 1. The Balaban J connectivity index is 1.67. The van der Waals surface area contributed by atoms with Gasteiger partial charge in [0.05, 0.1) is 5.71 Å². The van der Waals surface area contributed by atoms with Gasteiger partial charge in [0.15, 0.2) is 11.6 Å². The van der Waals surface area contributed by atoms with E-state index in [1.807, 2.05) is 26.0 Å². The minimum absolute atomic E-state index is 0.288. The maximum absolute atomic E-state index is 13.7. The van der Waals surface area contributed by atoms with Gasteiger partial charge in [-0.25, -0.2) is 9.07 Å². The summed E-state index contributed by atoms with van der Waals surface area (Å²) in [5.41, 5.74) is 6.11. The highest BCUT2D eigenvalue weighted by atomic mass is 19.1. The van der Waals surface area contributed by atoms with E-state index in [0.717, 1.165) is 16.8 Å². The van der Waals surface area contributed by atoms with Crippen LogP contribution in [0.5, 0.6) is 0 Å². The van der Waals surface area contributed by atoms with Crippen LogP contribution in [0.4, 0.5) is 21.8 Å². The van der Waals surface area contributed by atoms with E-state index >= 15 is 0 Å². The van der Waals surface area contributed by atoms with Crippen molar-refractivity contribution in [1.82, 2.24) is 24.7 Å². The Bertz CT molecular complexity index is 1170. The van der Waals surface area contributed by atoms with Gasteiger partial charge in [0.25, 0.3) is 0 Å². The number of anilines is 3. The second-order valence-electron chi connectivity index (χ2n) is 6.51. The predicted octanol–water partition coefficient (Wildman–Crippen LogP) is 4.08. The normalized spacial score (nSPS) is 11.4. The van der Waals surface area contributed by atoms with Crippen LogP contribution in [0.25, 0.3) is 5.82 Å². The van der Waals surface area contributed by atoms with Gasteiger partial charge in [-0.3, -0.25) is 10.4 Å². The van der Waals surface area contributed by atoms with E-state index in [4.69, 9.17) is 0 Å². The van der Waals surface area contributed by atoms with E-state index in [1.54, 1.807) is 47.7 Å². The monoisotopic (exact) mass is 402 g/mol. The van der Waals surface area contributed by atoms with Gasteiger partial charge in [-0.15, -0.1) is 0 Å². The number of hydrogen-bond acceptors (Lipinski definition) is 7. The number of pyridine rings is 1. The largest absolute Gasteiger partial charge is 0.324 e. The molecule has 1 aromatic carbocycles. The topological polar surface area (TPSA) is 92.9 Å². The average molecular weight is 402 g/mol. The van der Waals surface area contributed by atoms with E-state index in [-0.39, 0.29) is 11.8 Å². The molecular formula is C21H19FN8. The van der Waals surface area contributed by atoms with Crippen molar-refractivity contribution in [3.63, 3.8) is 0 Å². The molecule has 4 aromatic rings. The maximum atomic E-state index is 13.7. The smallest absolute Gasteiger partial charge is 0.231 e. The first-order valence-corrected chi connectivity index (χ1v) is 9.21. The first-order chi connectivity index (χ1) is 14.6. The SMILES string of the molecule is CC(=NNc1cc(-n2cccn2)nc(Nc2cc(F)ccc2C)n1)c1ccncc1. The van der Waals surface area contributed by atoms with Crippen LogP contribution in [0, 0.1) is 12.7 Å². The number of rotatable bonds is 6. The Kier molecular flexibility index (Phi) is 5.42. The third-order valence-corrected chi connectivity index (χ3v) is 4.33. The molecule has 0 saturated carbocycles. The zero-order valence-corrected chi connectivity index (χ0v) is 16.4. The number of nitrogens with one attached hydrogen (secondary N) is 2. The first kappa shape index (κ1) is 19.2. The van der Waals surface area contributed by atoms with E-state index < -0.39 is 0 Å². The van der Waals surface area contributed by atoms with Crippen molar-refractivity contribution in [3.05, 3.63) is 84.2 Å². The molecule has 0 aliphatic carbocycles. The van der Waals surface area contributed by atoms with Gasteiger partial charge in [0.1, 0.15) is 5.82 Å². The molecule has 0 saturated heterocycles. The van der Waals surface area contributed by atoms with Crippen LogP contribution in [0.3, 0.4) is 0 Å². The minimum atomic E-state index is -0.345. The van der Waals surface area contributed by atoms with Crippen molar-refractivity contribution in [3.8, 4) is 5.82 Å². The van der Waals surface area contributed by atoms with Crippen molar-refractivity contribution < 1.29 is 4.39 Å². The molecule has 0 unspecified atom stereocenters. The van der Waals surface area contributed by atoms with Gasteiger partial charge < -0.3 is 5.32 Å². The lowest BCUT2D eigenvalue weighted by molar-refractivity contribution is 0.628. The van der Waals surface area contributed by atoms with E-state index in [2.05, 4.69) is 35.9 Å². The standard InChI is InChI=1S/C21H19FN8/c1-14-4-5-17(22)12-18(14)25-21-26-19(13-20(27-21)30-11-3-8-24-30)29-28-15(2)16-6-9-23-10-7-16/h3-13H,1-2H3,(H2,25,26,27,29). The highest BCUT2D eigenvalue weighted by molar-refractivity contribution is 5.98. The molecule has 0 bridgehead atoms. The summed E-state index contributed by atoms with van der Waals surface area (Å²) < 4.78 is 15.3. The summed E-state index contributed by atoms with van der Waals surface area (Å²) in [7, 11) is 0. The molecule has 150 valence electrons. The van der Waals surface area contributed by atoms with Crippen LogP contribution >= 0.6 is 0 Å². The highest BCUT2D eigenvalue weighted by Crippen LogP contribution is 2.21. The molecule has 0 radical (unpaired) electrons. The Morgan fingerprint density at radius 1 is 1.07 bits per heavy atom. The second kappa shape index (κ2) is 8.48. The summed E-state index contributed by atoms with van der Waals surface area (Å²) >= 11 is 0. The fourth-order valence-corrected chi connectivity index (χ4v) is 2.72. The predicted molar refractivity (Wildman–Crippen MR) is 114 cm³/mol. The second-order valence-corrected chi connectivity index (χ2v) is 6.51. The number of aromatic nitrogens is 5. The van der Waals surface area contributed by atoms with E-state index in [9.17, 15) is 4.39 Å². The lowest BCUT2D eigenvalue weighted by Crippen LogP contribution is -2.08. The molecule has 3 heterocycles. The van der Waals surface area contributed by atoms with Crippen LogP contribution in [0.2, 0.25) is 0 Å². The van der Waals surface area contributed by atoms with Crippen molar-refractivity contribution in [1.29, 1.82) is 0 Å². The van der Waals surface area contributed by atoms with Crippen molar-refractivity contribution in [2.45, 2.75) is 13.8 Å². The first-order valence-electron chi connectivity index (χ1n) is 9.21. The van der Waals surface area contributed by atoms with Gasteiger partial charge in [0.2, 0.25) is 5.95 Å². The van der Waals surface area contributed by atoms with Gasteiger partial charge in [0, 0.05) is 42.1 Å². The Hall–Kier alpha value is -4.14. The average Bonchev–Trinajstić information content (AvgIpc) is 3.30. The number of nitrogens with zero attached hydrogens (tertiary/aromatic N) is 6. The van der Waals surface area contributed by atoms with Crippen LogP contribution in [-0.2, 0) is 0 Å². The summed E-state index contributed by atoms with van der Waals surface area (Å²) in [5, 5.41) is 11.7. The summed E-state index contributed by atoms with van der Waals surface area (Å²) in [6, 6.07) is 11.8. The molecule has 0 atom stereocenters. The zero-order chi connectivity index (χ0) is 20.9. The quantitative estimate of drug-likeness (QED) is 0.373. The third-order valence-electron chi connectivity index (χ3n) is 4.33.